The first-order valence-corrected chi connectivity index (χ1v) is 5.97. The molecule has 1 fully saturated rings. The van der Waals surface area contributed by atoms with E-state index >= 15 is 0 Å². The minimum atomic E-state index is -0.755. The molecular formula is C12H19N3O3. The molecule has 1 aliphatic rings. The molecule has 0 amide bonds. The van der Waals surface area contributed by atoms with Gasteiger partial charge in [-0.2, -0.15) is 4.98 Å². The van der Waals surface area contributed by atoms with Crippen molar-refractivity contribution < 1.29 is 14.6 Å². The molecule has 6 heteroatoms. The van der Waals surface area contributed by atoms with E-state index in [9.17, 15) is 5.11 Å². The molecule has 0 spiro atoms. The second-order valence-corrected chi connectivity index (χ2v) is 4.48. The van der Waals surface area contributed by atoms with Crippen LogP contribution in [-0.2, 0) is 4.74 Å². The average molecular weight is 253 g/mol. The number of nitrogens with one attached hydrogen (secondary N) is 1. The third-order valence-corrected chi connectivity index (χ3v) is 3.12. The number of methoxy groups -OCH3 is 1. The predicted octanol–water partition coefficient (Wildman–Crippen LogP) is 0.626. The molecule has 2 heterocycles. The number of aromatic nitrogens is 1. The lowest BCUT2D eigenvalue weighted by Crippen LogP contribution is -2.42. The van der Waals surface area contributed by atoms with Crippen molar-refractivity contribution >= 4 is 11.5 Å². The Morgan fingerprint density at radius 1 is 1.50 bits per heavy atom. The Balaban J connectivity index is 2.00. The van der Waals surface area contributed by atoms with Gasteiger partial charge in [0.2, 0.25) is 5.88 Å². The van der Waals surface area contributed by atoms with Gasteiger partial charge in [0, 0.05) is 38.7 Å². The number of pyridine rings is 1. The Labute approximate surface area is 106 Å². The van der Waals surface area contributed by atoms with Crippen LogP contribution in [0.5, 0.6) is 5.88 Å². The zero-order valence-corrected chi connectivity index (χ0v) is 10.5. The molecule has 0 aliphatic carbocycles. The lowest BCUT2D eigenvalue weighted by Gasteiger charge is -2.32. The summed E-state index contributed by atoms with van der Waals surface area (Å²) in [6.07, 6.45) is 1.23. The number of anilines is 2. The molecule has 1 aromatic rings. The maximum atomic E-state index is 10.3. The molecule has 1 aliphatic heterocycles. The summed E-state index contributed by atoms with van der Waals surface area (Å²) in [7, 11) is 1.55. The standard InChI is InChI=1S/C12H19N3O3/c1-17-10-3-2-9(13)11(15-10)14-8-12(16)4-6-18-7-5-12/h2-3,16H,4-8,13H2,1H3,(H,14,15). The van der Waals surface area contributed by atoms with Crippen molar-refractivity contribution in [2.75, 3.05) is 37.9 Å². The van der Waals surface area contributed by atoms with Crippen molar-refractivity contribution in [2.24, 2.45) is 0 Å². The molecule has 4 N–H and O–H groups in total. The first-order chi connectivity index (χ1) is 8.63. The maximum Gasteiger partial charge on any atom is 0.215 e. The van der Waals surface area contributed by atoms with E-state index in [1.807, 2.05) is 0 Å². The van der Waals surface area contributed by atoms with Crippen LogP contribution < -0.4 is 15.8 Å². The van der Waals surface area contributed by atoms with Gasteiger partial charge in [-0.05, 0) is 6.07 Å². The van der Waals surface area contributed by atoms with Crippen LogP contribution in [0.3, 0.4) is 0 Å². The van der Waals surface area contributed by atoms with Gasteiger partial charge < -0.3 is 25.6 Å². The quantitative estimate of drug-likeness (QED) is 0.729. The number of ether oxygens (including phenoxy) is 2. The van der Waals surface area contributed by atoms with Crippen LogP contribution in [0, 0.1) is 0 Å². The summed E-state index contributed by atoms with van der Waals surface area (Å²) in [5, 5.41) is 13.4. The number of rotatable bonds is 4. The van der Waals surface area contributed by atoms with Crippen molar-refractivity contribution in [1.29, 1.82) is 0 Å². The fourth-order valence-electron chi connectivity index (χ4n) is 1.88. The Morgan fingerprint density at radius 2 is 2.22 bits per heavy atom. The van der Waals surface area contributed by atoms with E-state index < -0.39 is 5.60 Å². The van der Waals surface area contributed by atoms with E-state index in [0.717, 1.165) is 0 Å². The van der Waals surface area contributed by atoms with Gasteiger partial charge in [-0.3, -0.25) is 0 Å². The molecule has 1 aromatic heterocycles. The molecule has 2 rings (SSSR count). The molecule has 0 bridgehead atoms. The van der Waals surface area contributed by atoms with Gasteiger partial charge in [-0.1, -0.05) is 0 Å². The normalized spacial score (nSPS) is 18.3. The number of nitrogens with two attached hydrogens (primary N) is 1. The predicted molar refractivity (Wildman–Crippen MR) is 68.7 cm³/mol. The van der Waals surface area contributed by atoms with E-state index in [0.29, 0.717) is 50.0 Å². The molecule has 0 aromatic carbocycles. The summed E-state index contributed by atoms with van der Waals surface area (Å²) in [6.45, 7) is 1.57. The third kappa shape index (κ3) is 3.02. The SMILES string of the molecule is COc1ccc(N)c(NCC2(O)CCOCC2)n1. The van der Waals surface area contributed by atoms with Gasteiger partial charge in [-0.15, -0.1) is 0 Å². The summed E-state index contributed by atoms with van der Waals surface area (Å²) in [4.78, 5) is 4.21. The topological polar surface area (TPSA) is 89.6 Å². The van der Waals surface area contributed by atoms with Crippen molar-refractivity contribution in [1.82, 2.24) is 4.98 Å². The van der Waals surface area contributed by atoms with Crippen molar-refractivity contribution in [2.45, 2.75) is 18.4 Å². The molecule has 0 radical (unpaired) electrons. The summed E-state index contributed by atoms with van der Waals surface area (Å²) >= 11 is 0. The highest BCUT2D eigenvalue weighted by Gasteiger charge is 2.29. The molecule has 0 saturated carbocycles. The second kappa shape index (κ2) is 5.41. The zero-order valence-electron chi connectivity index (χ0n) is 10.5. The van der Waals surface area contributed by atoms with Gasteiger partial charge in [0.1, 0.15) is 0 Å². The highest BCUT2D eigenvalue weighted by Crippen LogP contribution is 2.24. The summed E-state index contributed by atoms with van der Waals surface area (Å²) < 4.78 is 10.3. The number of aliphatic hydroxyl groups is 1. The van der Waals surface area contributed by atoms with E-state index in [2.05, 4.69) is 10.3 Å². The first-order valence-electron chi connectivity index (χ1n) is 5.97. The van der Waals surface area contributed by atoms with E-state index in [1.54, 1.807) is 19.2 Å². The van der Waals surface area contributed by atoms with E-state index in [1.165, 1.54) is 0 Å². The van der Waals surface area contributed by atoms with Crippen molar-refractivity contribution in [3.05, 3.63) is 12.1 Å². The maximum absolute atomic E-state index is 10.3. The third-order valence-electron chi connectivity index (χ3n) is 3.12. The Hall–Kier alpha value is -1.53. The zero-order chi connectivity index (χ0) is 13.0. The fraction of sp³-hybridized carbons (Fsp3) is 0.583. The molecule has 100 valence electrons. The summed E-state index contributed by atoms with van der Waals surface area (Å²) in [5.74, 6) is 1.03. The Bertz CT molecular complexity index is 406. The molecule has 18 heavy (non-hydrogen) atoms. The van der Waals surface area contributed by atoms with E-state index in [4.69, 9.17) is 15.2 Å². The van der Waals surface area contributed by atoms with Crippen molar-refractivity contribution in [3.8, 4) is 5.88 Å². The lowest BCUT2D eigenvalue weighted by molar-refractivity contribution is -0.0543. The van der Waals surface area contributed by atoms with Gasteiger partial charge in [-0.25, -0.2) is 0 Å². The number of nitrogens with zero attached hydrogens (tertiary/aromatic N) is 1. The Morgan fingerprint density at radius 3 is 2.89 bits per heavy atom. The summed E-state index contributed by atoms with van der Waals surface area (Å²) in [5.41, 5.74) is 5.60. The van der Waals surface area contributed by atoms with Gasteiger partial charge in [0.15, 0.2) is 5.82 Å². The average Bonchev–Trinajstić information content (AvgIpc) is 2.39. The number of hydrogen-bond donors (Lipinski definition) is 3. The van der Waals surface area contributed by atoms with Crippen LogP contribution in [0.4, 0.5) is 11.5 Å². The van der Waals surface area contributed by atoms with Crippen LogP contribution >= 0.6 is 0 Å². The molecule has 0 atom stereocenters. The smallest absolute Gasteiger partial charge is 0.215 e. The van der Waals surface area contributed by atoms with E-state index in [-0.39, 0.29) is 0 Å². The minimum Gasteiger partial charge on any atom is -0.481 e. The first kappa shape index (κ1) is 12.9. The number of hydrogen-bond acceptors (Lipinski definition) is 6. The molecule has 1 saturated heterocycles. The second-order valence-electron chi connectivity index (χ2n) is 4.48. The Kier molecular flexibility index (Phi) is 3.88. The minimum absolute atomic E-state index is 0.403. The van der Waals surface area contributed by atoms with Crippen LogP contribution in [0.2, 0.25) is 0 Å². The van der Waals surface area contributed by atoms with Gasteiger partial charge in [0.05, 0.1) is 18.4 Å². The fourth-order valence-corrected chi connectivity index (χ4v) is 1.88. The summed E-state index contributed by atoms with van der Waals surface area (Å²) in [6, 6.07) is 3.42. The highest BCUT2D eigenvalue weighted by atomic mass is 16.5. The largest absolute Gasteiger partial charge is 0.481 e. The van der Waals surface area contributed by atoms with Crippen molar-refractivity contribution in [3.63, 3.8) is 0 Å². The van der Waals surface area contributed by atoms with Gasteiger partial charge >= 0.3 is 0 Å². The van der Waals surface area contributed by atoms with Crippen LogP contribution in [0.1, 0.15) is 12.8 Å². The van der Waals surface area contributed by atoms with Gasteiger partial charge in [0.25, 0.3) is 0 Å². The van der Waals surface area contributed by atoms with Crippen LogP contribution in [0.15, 0.2) is 12.1 Å². The molecule has 6 nitrogen and oxygen atoms in total. The van der Waals surface area contributed by atoms with Crippen LogP contribution in [-0.4, -0.2) is 42.6 Å². The molecular weight excluding hydrogens is 234 g/mol. The highest BCUT2D eigenvalue weighted by molar-refractivity contribution is 5.62. The number of nitrogen functional groups attached to an aromatic ring is 1. The lowest BCUT2D eigenvalue weighted by atomic mass is 9.94. The molecule has 0 unspecified atom stereocenters. The monoisotopic (exact) mass is 253 g/mol. The van der Waals surface area contributed by atoms with Crippen LogP contribution in [0.25, 0.3) is 0 Å².